The molecule has 0 heterocycles. The van der Waals surface area contributed by atoms with Gasteiger partial charge in [-0.2, -0.15) is 0 Å². The molecule has 22 heavy (non-hydrogen) atoms. The number of rotatable bonds is 4. The molecular weight excluding hydrogens is 276 g/mol. The fraction of sp³-hybridized carbons (Fsp3) is 0.556. The first-order chi connectivity index (χ1) is 10.7. The van der Waals surface area contributed by atoms with Gasteiger partial charge in [-0.1, -0.05) is 39.0 Å². The van der Waals surface area contributed by atoms with Crippen molar-refractivity contribution < 1.29 is 9.59 Å². The summed E-state index contributed by atoms with van der Waals surface area (Å²) in [6.07, 6.45) is 8.89. The Labute approximate surface area is 132 Å². The van der Waals surface area contributed by atoms with Crippen LogP contribution in [0.15, 0.2) is 24.3 Å². The van der Waals surface area contributed by atoms with Crippen molar-refractivity contribution in [2.24, 2.45) is 0 Å². The van der Waals surface area contributed by atoms with E-state index in [1.165, 1.54) is 32.1 Å². The van der Waals surface area contributed by atoms with E-state index in [2.05, 4.69) is 10.6 Å². The van der Waals surface area contributed by atoms with Gasteiger partial charge in [0.15, 0.2) is 0 Å². The van der Waals surface area contributed by atoms with Crippen molar-refractivity contribution in [2.45, 2.75) is 64.3 Å². The Morgan fingerprint density at radius 2 is 1.59 bits per heavy atom. The Balaban J connectivity index is 1.89. The Morgan fingerprint density at radius 1 is 1.00 bits per heavy atom. The highest BCUT2D eigenvalue weighted by molar-refractivity contribution is 5.95. The first-order valence-corrected chi connectivity index (χ1v) is 8.40. The molecule has 0 unspecified atom stereocenters. The summed E-state index contributed by atoms with van der Waals surface area (Å²) < 4.78 is 0. The fourth-order valence-corrected chi connectivity index (χ4v) is 2.82. The number of carbonyl (C=O) groups is 2. The maximum absolute atomic E-state index is 12.3. The number of benzene rings is 1. The molecule has 0 spiro atoms. The zero-order valence-electron chi connectivity index (χ0n) is 13.4. The van der Waals surface area contributed by atoms with Crippen LogP contribution < -0.4 is 10.6 Å². The molecule has 4 heteroatoms. The topological polar surface area (TPSA) is 58.2 Å². The highest BCUT2D eigenvalue weighted by Crippen LogP contribution is 2.18. The smallest absolute Gasteiger partial charge is 0.251 e. The summed E-state index contributed by atoms with van der Waals surface area (Å²) in [5, 5.41) is 5.93. The van der Waals surface area contributed by atoms with Gasteiger partial charge in [0.25, 0.3) is 5.91 Å². The first-order valence-electron chi connectivity index (χ1n) is 8.40. The molecule has 1 saturated carbocycles. The van der Waals surface area contributed by atoms with Gasteiger partial charge in [-0.3, -0.25) is 9.59 Å². The Kier molecular flexibility index (Phi) is 6.44. The second kappa shape index (κ2) is 8.57. The molecule has 1 fully saturated rings. The molecule has 1 aliphatic carbocycles. The highest BCUT2D eigenvalue weighted by atomic mass is 16.2. The third kappa shape index (κ3) is 5.17. The Hall–Kier alpha value is -1.84. The monoisotopic (exact) mass is 302 g/mol. The molecule has 2 rings (SSSR count). The Morgan fingerprint density at radius 3 is 2.18 bits per heavy atom. The lowest BCUT2D eigenvalue weighted by Gasteiger charge is -2.21. The van der Waals surface area contributed by atoms with E-state index >= 15 is 0 Å². The average Bonchev–Trinajstić information content (AvgIpc) is 2.50. The zero-order chi connectivity index (χ0) is 15.8. The third-order valence-corrected chi connectivity index (χ3v) is 4.19. The van der Waals surface area contributed by atoms with Crippen molar-refractivity contribution >= 4 is 17.5 Å². The van der Waals surface area contributed by atoms with Crippen LogP contribution in [0.3, 0.4) is 0 Å². The van der Waals surface area contributed by atoms with Crippen LogP contribution in [0.4, 0.5) is 5.69 Å². The van der Waals surface area contributed by atoms with Gasteiger partial charge >= 0.3 is 0 Å². The molecule has 1 aromatic rings. The van der Waals surface area contributed by atoms with E-state index in [-0.39, 0.29) is 11.8 Å². The molecule has 0 aromatic heterocycles. The number of carbonyl (C=O) groups excluding carboxylic acids is 2. The van der Waals surface area contributed by atoms with E-state index in [0.717, 1.165) is 18.5 Å². The maximum Gasteiger partial charge on any atom is 0.251 e. The quantitative estimate of drug-likeness (QED) is 0.886. The first kappa shape index (κ1) is 16.5. The van der Waals surface area contributed by atoms with Crippen LogP contribution in [-0.4, -0.2) is 17.9 Å². The van der Waals surface area contributed by atoms with E-state index in [4.69, 9.17) is 0 Å². The van der Waals surface area contributed by atoms with E-state index in [0.29, 0.717) is 18.0 Å². The predicted molar refractivity (Wildman–Crippen MR) is 88.9 cm³/mol. The van der Waals surface area contributed by atoms with Crippen LogP contribution in [0.1, 0.15) is 68.6 Å². The van der Waals surface area contributed by atoms with Gasteiger partial charge < -0.3 is 10.6 Å². The molecular formula is C18H26N2O2. The normalized spacial score (nSPS) is 16.4. The summed E-state index contributed by atoms with van der Waals surface area (Å²) in [6, 6.07) is 7.39. The number of nitrogens with one attached hydrogen (secondary N) is 2. The molecule has 2 amide bonds. The van der Waals surface area contributed by atoms with Crippen molar-refractivity contribution in [2.75, 3.05) is 5.32 Å². The summed E-state index contributed by atoms with van der Waals surface area (Å²) in [5.74, 6) is -0.0364. The molecule has 1 aromatic carbocycles. The SMILES string of the molecule is CCC(=O)Nc1ccc(C(=O)NC2CCCCCCC2)cc1. The molecule has 0 aliphatic heterocycles. The molecule has 1 aliphatic rings. The molecule has 0 radical (unpaired) electrons. The average molecular weight is 302 g/mol. The van der Waals surface area contributed by atoms with Gasteiger partial charge in [0.05, 0.1) is 0 Å². The van der Waals surface area contributed by atoms with Crippen LogP contribution in [0, 0.1) is 0 Å². The van der Waals surface area contributed by atoms with Gasteiger partial charge in [0, 0.05) is 23.7 Å². The lowest BCUT2D eigenvalue weighted by atomic mass is 9.96. The van der Waals surface area contributed by atoms with Crippen molar-refractivity contribution in [3.63, 3.8) is 0 Å². The maximum atomic E-state index is 12.3. The minimum absolute atomic E-state index is 0.0149. The molecule has 0 bridgehead atoms. The lowest BCUT2D eigenvalue weighted by molar-refractivity contribution is -0.115. The number of amides is 2. The zero-order valence-corrected chi connectivity index (χ0v) is 13.4. The number of hydrogen-bond donors (Lipinski definition) is 2. The summed E-state index contributed by atoms with van der Waals surface area (Å²) in [5.41, 5.74) is 1.38. The van der Waals surface area contributed by atoms with Crippen LogP contribution >= 0.6 is 0 Å². The minimum atomic E-state index is -0.0216. The number of anilines is 1. The third-order valence-electron chi connectivity index (χ3n) is 4.19. The van der Waals surface area contributed by atoms with Gasteiger partial charge in [-0.25, -0.2) is 0 Å². The number of hydrogen-bond acceptors (Lipinski definition) is 2. The van der Waals surface area contributed by atoms with Crippen LogP contribution in [0.5, 0.6) is 0 Å². The largest absolute Gasteiger partial charge is 0.349 e. The van der Waals surface area contributed by atoms with Crippen molar-refractivity contribution in [1.82, 2.24) is 5.32 Å². The van der Waals surface area contributed by atoms with Gasteiger partial charge in [-0.15, -0.1) is 0 Å². The van der Waals surface area contributed by atoms with Crippen molar-refractivity contribution in [1.29, 1.82) is 0 Å². The van der Waals surface area contributed by atoms with Crippen LogP contribution in [0.25, 0.3) is 0 Å². The minimum Gasteiger partial charge on any atom is -0.349 e. The highest BCUT2D eigenvalue weighted by Gasteiger charge is 2.15. The standard InChI is InChI=1S/C18H26N2O2/c1-2-17(21)19-16-12-10-14(11-13-16)18(22)20-15-8-6-4-3-5-7-9-15/h10-13,15H,2-9H2,1H3,(H,19,21)(H,20,22). The van der Waals surface area contributed by atoms with Crippen LogP contribution in [0.2, 0.25) is 0 Å². The molecule has 0 saturated heterocycles. The molecule has 120 valence electrons. The van der Waals surface area contributed by atoms with E-state index < -0.39 is 0 Å². The van der Waals surface area contributed by atoms with Crippen LogP contribution in [-0.2, 0) is 4.79 Å². The summed E-state index contributed by atoms with van der Waals surface area (Å²) in [7, 11) is 0. The second-order valence-corrected chi connectivity index (χ2v) is 5.99. The van der Waals surface area contributed by atoms with E-state index in [1.807, 2.05) is 6.92 Å². The van der Waals surface area contributed by atoms with Gasteiger partial charge in [0.1, 0.15) is 0 Å². The molecule has 4 nitrogen and oxygen atoms in total. The molecule has 0 atom stereocenters. The van der Waals surface area contributed by atoms with E-state index in [1.54, 1.807) is 24.3 Å². The Bertz CT molecular complexity index is 488. The van der Waals surface area contributed by atoms with Gasteiger partial charge in [-0.05, 0) is 37.1 Å². The van der Waals surface area contributed by atoms with E-state index in [9.17, 15) is 9.59 Å². The summed E-state index contributed by atoms with van der Waals surface area (Å²) >= 11 is 0. The molecule has 2 N–H and O–H groups in total. The lowest BCUT2D eigenvalue weighted by Crippen LogP contribution is -2.35. The van der Waals surface area contributed by atoms with Crippen molar-refractivity contribution in [3.8, 4) is 0 Å². The van der Waals surface area contributed by atoms with Crippen molar-refractivity contribution in [3.05, 3.63) is 29.8 Å². The van der Waals surface area contributed by atoms with Gasteiger partial charge in [0.2, 0.25) is 5.91 Å². The predicted octanol–water partition coefficient (Wildman–Crippen LogP) is 3.88. The fourth-order valence-electron chi connectivity index (χ4n) is 2.82. The summed E-state index contributed by atoms with van der Waals surface area (Å²) in [4.78, 5) is 23.6. The summed E-state index contributed by atoms with van der Waals surface area (Å²) in [6.45, 7) is 1.81. The second-order valence-electron chi connectivity index (χ2n) is 5.99.